The number of aromatic amines is 1. The van der Waals surface area contributed by atoms with E-state index < -0.39 is 75.2 Å². The van der Waals surface area contributed by atoms with E-state index in [0.29, 0.717) is 0 Å². The van der Waals surface area contributed by atoms with Gasteiger partial charge < -0.3 is 41.9 Å². The van der Waals surface area contributed by atoms with Gasteiger partial charge in [0.05, 0.1) is 16.9 Å². The maximum Gasteiger partial charge on any atom is 0.352 e. The molecular weight excluding hydrogens is 646 g/mol. The van der Waals surface area contributed by atoms with Crippen LogP contribution in [-0.4, -0.2) is 94.2 Å². The lowest BCUT2D eigenvalue weighted by atomic mass is 9.92. The molecule has 5 rings (SSSR count). The van der Waals surface area contributed by atoms with Crippen molar-refractivity contribution in [3.8, 4) is 5.75 Å². The Morgan fingerprint density at radius 2 is 1.96 bits per heavy atom. The summed E-state index contributed by atoms with van der Waals surface area (Å²) in [7, 11) is 0. The quantitative estimate of drug-likeness (QED) is 0.0637. The molecule has 0 aliphatic carbocycles. The van der Waals surface area contributed by atoms with E-state index in [1.807, 2.05) is 0 Å². The zero-order valence-corrected chi connectivity index (χ0v) is 25.5. The molecule has 0 spiro atoms. The standard InChI is InChI=1S/C27H25N7O10S2/c1-27(2,25(42)43)44-33-16(12-8-46-26(29)31-12)21(38)32-17-22(39)34-18(24(40)41)10(7-45-23(17)34)15(28)19(36)9-4-3-5-11-14(9)20(37)13(35)6-30-11/h3-6,8,15,17,23,35H,7,28H2,1-2H3,(H2,29,31)(H,30,37)(H,32,38)(H,40,41)(H,42,43)/b33-16-/t15?,17?,23-/m1/s1. The van der Waals surface area contributed by atoms with E-state index in [0.717, 1.165) is 34.2 Å². The number of hydrogen-bond donors (Lipinski definition) is 7. The van der Waals surface area contributed by atoms with E-state index in [4.69, 9.17) is 16.3 Å². The van der Waals surface area contributed by atoms with Crippen molar-refractivity contribution >= 4 is 74.4 Å². The first-order valence-electron chi connectivity index (χ1n) is 13.2. The Bertz CT molecular complexity index is 1950. The van der Waals surface area contributed by atoms with Crippen LogP contribution in [0.15, 0.2) is 51.0 Å². The molecule has 3 atom stereocenters. The molecule has 1 fully saturated rings. The van der Waals surface area contributed by atoms with Crippen LogP contribution < -0.4 is 22.2 Å². The summed E-state index contributed by atoms with van der Waals surface area (Å²) in [5.74, 6) is -6.33. The summed E-state index contributed by atoms with van der Waals surface area (Å²) < 4.78 is 0. The fraction of sp³-hybridized carbons (Fsp3) is 0.259. The summed E-state index contributed by atoms with van der Waals surface area (Å²) in [5.41, 5.74) is 8.18. The van der Waals surface area contributed by atoms with Gasteiger partial charge >= 0.3 is 11.9 Å². The zero-order chi connectivity index (χ0) is 33.7. The number of ketones is 1. The second-order valence-electron chi connectivity index (χ2n) is 10.5. The van der Waals surface area contributed by atoms with Crippen molar-refractivity contribution in [2.24, 2.45) is 10.9 Å². The summed E-state index contributed by atoms with van der Waals surface area (Å²) in [5, 5.41) is 35.9. The summed E-state index contributed by atoms with van der Waals surface area (Å²) in [4.78, 5) is 89.3. The van der Waals surface area contributed by atoms with Gasteiger partial charge in [0.15, 0.2) is 22.4 Å². The Morgan fingerprint density at radius 3 is 2.59 bits per heavy atom. The first-order valence-corrected chi connectivity index (χ1v) is 15.1. The van der Waals surface area contributed by atoms with Crippen LogP contribution in [-0.2, 0) is 24.0 Å². The number of anilines is 1. The fourth-order valence-electron chi connectivity index (χ4n) is 4.68. The number of H-pyrrole nitrogens is 1. The molecule has 2 amide bonds. The van der Waals surface area contributed by atoms with E-state index in [1.165, 1.54) is 37.4 Å². The third-order valence-corrected chi connectivity index (χ3v) is 9.13. The number of carbonyl (C=O) groups excluding carboxylic acids is 3. The first kappa shape index (κ1) is 32.1. The largest absolute Gasteiger partial charge is 0.503 e. The van der Waals surface area contributed by atoms with Gasteiger partial charge in [0.1, 0.15) is 22.8 Å². The Kier molecular flexibility index (Phi) is 8.32. The molecule has 0 radical (unpaired) electrons. The number of hydrogen-bond acceptors (Lipinski definition) is 14. The van der Waals surface area contributed by atoms with Crippen molar-refractivity contribution in [3.05, 3.63) is 62.5 Å². The van der Waals surface area contributed by atoms with E-state index in [2.05, 4.69) is 20.4 Å². The number of carboxylic acids is 2. The van der Waals surface area contributed by atoms with E-state index in [-0.39, 0.29) is 38.6 Å². The number of aromatic nitrogens is 2. The van der Waals surface area contributed by atoms with Gasteiger partial charge in [-0.2, -0.15) is 0 Å². The predicted molar refractivity (Wildman–Crippen MR) is 164 cm³/mol. The van der Waals surface area contributed by atoms with Crippen molar-refractivity contribution in [1.82, 2.24) is 20.2 Å². The number of benzene rings is 1. The number of rotatable bonds is 10. The number of thiazole rings is 1. The Hall–Kier alpha value is -5.27. The van der Waals surface area contributed by atoms with Gasteiger partial charge in [-0.3, -0.25) is 24.1 Å². The number of thioether (sulfide) groups is 1. The highest BCUT2D eigenvalue weighted by molar-refractivity contribution is 8.00. The topological polar surface area (TPSA) is 281 Å². The number of aromatic hydroxyl groups is 1. The van der Waals surface area contributed by atoms with Crippen molar-refractivity contribution in [1.29, 1.82) is 0 Å². The van der Waals surface area contributed by atoms with Gasteiger partial charge in [0.25, 0.3) is 11.8 Å². The van der Waals surface area contributed by atoms with Gasteiger partial charge in [0.2, 0.25) is 11.0 Å². The van der Waals surface area contributed by atoms with Gasteiger partial charge in [0, 0.05) is 22.9 Å². The summed E-state index contributed by atoms with van der Waals surface area (Å²) in [6.45, 7) is 2.40. The summed E-state index contributed by atoms with van der Waals surface area (Å²) in [6, 6.07) is 1.46. The lowest BCUT2D eigenvalue weighted by molar-refractivity contribution is -0.161. The zero-order valence-electron chi connectivity index (χ0n) is 23.8. The SMILES string of the molecule is CC(C)(O/N=C(\C(=O)NC1C(=O)N2C(C(=O)O)=C(C(N)C(=O)c3cccc4[nH]cc(O)c(=O)c34)CS[C@H]12)c1csc(N)n1)C(=O)O. The maximum atomic E-state index is 13.5. The molecule has 0 bridgehead atoms. The van der Waals surface area contributed by atoms with Crippen molar-refractivity contribution < 1.29 is 44.1 Å². The molecule has 46 heavy (non-hydrogen) atoms. The number of pyridine rings is 1. The molecular formula is C27H25N7O10S2. The number of Topliss-reactive ketones (excluding diaryl/α,β-unsaturated/α-hetero) is 1. The van der Waals surface area contributed by atoms with Crippen LogP contribution in [0.4, 0.5) is 5.13 Å². The van der Waals surface area contributed by atoms with E-state index in [1.54, 1.807) is 0 Å². The van der Waals surface area contributed by atoms with E-state index in [9.17, 15) is 44.1 Å². The Labute approximate surface area is 265 Å². The molecule has 0 saturated carbocycles. The minimum atomic E-state index is -1.83. The van der Waals surface area contributed by atoms with Crippen molar-refractivity contribution in [2.75, 3.05) is 11.5 Å². The van der Waals surface area contributed by atoms with Crippen LogP contribution in [0.1, 0.15) is 29.9 Å². The highest BCUT2D eigenvalue weighted by Crippen LogP contribution is 2.41. The number of carbonyl (C=O) groups is 5. The van der Waals surface area contributed by atoms with Gasteiger partial charge in [-0.05, 0) is 25.5 Å². The molecule has 9 N–H and O–H groups in total. The van der Waals surface area contributed by atoms with Crippen LogP contribution >= 0.6 is 23.1 Å². The number of nitrogen functional groups attached to an aromatic ring is 1. The van der Waals surface area contributed by atoms with Crippen LogP contribution in [0.2, 0.25) is 0 Å². The van der Waals surface area contributed by atoms with Gasteiger partial charge in [-0.15, -0.1) is 23.1 Å². The highest BCUT2D eigenvalue weighted by Gasteiger charge is 2.55. The molecule has 3 aromatic rings. The van der Waals surface area contributed by atoms with Crippen LogP contribution in [0.5, 0.6) is 5.75 Å². The minimum absolute atomic E-state index is 0.0559. The number of nitrogens with two attached hydrogens (primary N) is 2. The maximum absolute atomic E-state index is 13.5. The fourth-order valence-corrected chi connectivity index (χ4v) is 6.63. The Morgan fingerprint density at radius 1 is 1.24 bits per heavy atom. The highest BCUT2D eigenvalue weighted by atomic mass is 32.2. The molecule has 1 aromatic carbocycles. The minimum Gasteiger partial charge on any atom is -0.503 e. The molecule has 2 aromatic heterocycles. The number of β-lactam (4-membered cyclic amide) rings is 1. The van der Waals surface area contributed by atoms with Crippen LogP contribution in [0, 0.1) is 0 Å². The molecule has 19 heteroatoms. The lowest BCUT2D eigenvalue weighted by Crippen LogP contribution is -2.71. The average Bonchev–Trinajstić information content (AvgIpc) is 3.45. The number of nitrogens with one attached hydrogen (secondary N) is 2. The average molecular weight is 672 g/mol. The van der Waals surface area contributed by atoms with Crippen molar-refractivity contribution in [2.45, 2.75) is 36.9 Å². The molecule has 17 nitrogen and oxygen atoms in total. The van der Waals surface area contributed by atoms with Gasteiger partial charge in [-0.25, -0.2) is 14.6 Å². The number of carboxylic acid groups (broad SMARTS) is 2. The normalized spacial score (nSPS) is 18.9. The first-order chi connectivity index (χ1) is 21.6. The summed E-state index contributed by atoms with van der Waals surface area (Å²) >= 11 is 1.99. The number of oxime groups is 1. The second kappa shape index (κ2) is 11.9. The number of aliphatic carboxylic acids is 2. The number of amides is 2. The monoisotopic (exact) mass is 671 g/mol. The number of nitrogens with zero attached hydrogens (tertiary/aromatic N) is 3. The Balaban J connectivity index is 1.42. The summed E-state index contributed by atoms with van der Waals surface area (Å²) in [6.07, 6.45) is 1.07. The molecule has 2 aliphatic heterocycles. The van der Waals surface area contributed by atoms with Crippen LogP contribution in [0.3, 0.4) is 0 Å². The molecule has 1 saturated heterocycles. The molecule has 2 aliphatic rings. The molecule has 2 unspecified atom stereocenters. The number of fused-ring (bicyclic) bond motifs is 2. The molecule has 240 valence electrons. The van der Waals surface area contributed by atoms with E-state index >= 15 is 0 Å². The van der Waals surface area contributed by atoms with Crippen molar-refractivity contribution in [3.63, 3.8) is 0 Å². The van der Waals surface area contributed by atoms with Gasteiger partial charge in [-0.1, -0.05) is 17.3 Å². The third-order valence-electron chi connectivity index (χ3n) is 7.16. The lowest BCUT2D eigenvalue weighted by Gasteiger charge is -2.49. The third kappa shape index (κ3) is 5.54. The smallest absolute Gasteiger partial charge is 0.352 e. The predicted octanol–water partition coefficient (Wildman–Crippen LogP) is -0.195. The molecule has 4 heterocycles. The van der Waals surface area contributed by atoms with Crippen LogP contribution in [0.25, 0.3) is 10.9 Å². The second-order valence-corrected chi connectivity index (χ2v) is 12.5.